The summed E-state index contributed by atoms with van der Waals surface area (Å²) >= 11 is 1.28. The lowest BCUT2D eigenvalue weighted by atomic mass is 10.0. The fourth-order valence-corrected chi connectivity index (χ4v) is 4.54. The van der Waals surface area contributed by atoms with Crippen molar-refractivity contribution in [2.24, 2.45) is 0 Å². The molecular formula is C26H25N3O2S. The van der Waals surface area contributed by atoms with Crippen molar-refractivity contribution in [3.63, 3.8) is 0 Å². The van der Waals surface area contributed by atoms with E-state index < -0.39 is 0 Å². The van der Waals surface area contributed by atoms with E-state index in [0.29, 0.717) is 16.1 Å². The Hall–Kier alpha value is -3.38. The molecular weight excluding hydrogens is 418 g/mol. The number of rotatable bonds is 6. The molecule has 0 saturated carbocycles. The summed E-state index contributed by atoms with van der Waals surface area (Å²) in [6, 6.07) is 24.7. The van der Waals surface area contributed by atoms with E-state index in [1.807, 2.05) is 72.8 Å². The molecule has 0 aliphatic carbocycles. The number of anilines is 1. The van der Waals surface area contributed by atoms with Crippen LogP contribution in [0.15, 0.2) is 88.8 Å². The number of hydrogen-bond acceptors (Lipinski definition) is 4. The molecule has 32 heavy (non-hydrogen) atoms. The van der Waals surface area contributed by atoms with Crippen molar-refractivity contribution in [2.75, 3.05) is 17.7 Å². The summed E-state index contributed by atoms with van der Waals surface area (Å²) in [7, 11) is 1.76. The van der Waals surface area contributed by atoms with Gasteiger partial charge in [0.25, 0.3) is 5.56 Å². The highest BCUT2D eigenvalue weighted by molar-refractivity contribution is 7.99. The highest BCUT2D eigenvalue weighted by atomic mass is 32.2. The van der Waals surface area contributed by atoms with Gasteiger partial charge in [-0.05, 0) is 41.8 Å². The van der Waals surface area contributed by atoms with Gasteiger partial charge in [0.2, 0.25) is 5.91 Å². The molecule has 3 aromatic carbocycles. The quantitative estimate of drug-likeness (QED) is 0.301. The van der Waals surface area contributed by atoms with Gasteiger partial charge in [-0.3, -0.25) is 14.2 Å². The lowest BCUT2D eigenvalue weighted by Gasteiger charge is -2.19. The minimum atomic E-state index is -0.130. The summed E-state index contributed by atoms with van der Waals surface area (Å²) in [6.45, 7) is 4.20. The van der Waals surface area contributed by atoms with Gasteiger partial charge in [0.1, 0.15) is 0 Å². The van der Waals surface area contributed by atoms with E-state index in [4.69, 9.17) is 4.98 Å². The van der Waals surface area contributed by atoms with Gasteiger partial charge >= 0.3 is 0 Å². The summed E-state index contributed by atoms with van der Waals surface area (Å²) in [4.78, 5) is 32.8. The van der Waals surface area contributed by atoms with Crippen molar-refractivity contribution < 1.29 is 4.79 Å². The van der Waals surface area contributed by atoms with E-state index in [0.717, 1.165) is 16.9 Å². The molecule has 1 heterocycles. The first-order chi connectivity index (χ1) is 15.5. The standard InChI is InChI=1S/C26H25N3O2S/c1-18(2)20-13-8-10-16-23(20)29-25(31)21-14-7-9-15-22(21)27-26(29)32-17-24(30)28(3)19-11-5-4-6-12-19/h4-16,18H,17H2,1-3H3. The van der Waals surface area contributed by atoms with E-state index in [9.17, 15) is 9.59 Å². The van der Waals surface area contributed by atoms with Crippen LogP contribution in [0.1, 0.15) is 25.3 Å². The number of aromatic nitrogens is 2. The number of carbonyl (C=O) groups is 1. The maximum atomic E-state index is 13.5. The smallest absolute Gasteiger partial charge is 0.266 e. The predicted molar refractivity (Wildman–Crippen MR) is 132 cm³/mol. The van der Waals surface area contributed by atoms with E-state index in [1.165, 1.54) is 11.8 Å². The van der Waals surface area contributed by atoms with Gasteiger partial charge in [-0.2, -0.15) is 0 Å². The zero-order chi connectivity index (χ0) is 22.7. The minimum absolute atomic E-state index is 0.0627. The highest BCUT2D eigenvalue weighted by Gasteiger charge is 2.19. The molecule has 5 nitrogen and oxygen atoms in total. The minimum Gasteiger partial charge on any atom is -0.315 e. The molecule has 6 heteroatoms. The van der Waals surface area contributed by atoms with E-state index in [2.05, 4.69) is 13.8 Å². The maximum Gasteiger partial charge on any atom is 0.266 e. The summed E-state index contributed by atoms with van der Waals surface area (Å²) in [5.74, 6) is 0.334. The Balaban J connectivity index is 1.77. The third-order valence-corrected chi connectivity index (χ3v) is 6.31. The zero-order valence-electron chi connectivity index (χ0n) is 18.4. The number of amides is 1. The highest BCUT2D eigenvalue weighted by Crippen LogP contribution is 2.27. The van der Waals surface area contributed by atoms with Gasteiger partial charge < -0.3 is 4.90 Å². The molecule has 1 aromatic heterocycles. The van der Waals surface area contributed by atoms with E-state index in [1.54, 1.807) is 22.6 Å². The number of nitrogens with zero attached hydrogens (tertiary/aromatic N) is 3. The zero-order valence-corrected chi connectivity index (χ0v) is 19.2. The maximum absolute atomic E-state index is 13.5. The monoisotopic (exact) mass is 443 g/mol. The van der Waals surface area contributed by atoms with Crippen LogP contribution in [0.4, 0.5) is 5.69 Å². The van der Waals surface area contributed by atoms with Gasteiger partial charge in [-0.1, -0.05) is 74.1 Å². The molecule has 0 N–H and O–H groups in total. The summed E-state index contributed by atoms with van der Waals surface area (Å²) in [6.07, 6.45) is 0. The third kappa shape index (κ3) is 4.32. The number of para-hydroxylation sites is 3. The van der Waals surface area contributed by atoms with Crippen LogP contribution in [0.25, 0.3) is 16.6 Å². The number of benzene rings is 3. The molecule has 4 rings (SSSR count). The van der Waals surface area contributed by atoms with E-state index >= 15 is 0 Å². The van der Waals surface area contributed by atoms with Crippen LogP contribution < -0.4 is 10.5 Å². The number of hydrogen-bond donors (Lipinski definition) is 0. The SMILES string of the molecule is CC(C)c1ccccc1-n1c(SCC(=O)N(C)c2ccccc2)nc2ccccc2c1=O. The summed E-state index contributed by atoms with van der Waals surface area (Å²) in [5.41, 5.74) is 3.18. The van der Waals surface area contributed by atoms with Crippen molar-refractivity contribution in [1.29, 1.82) is 0 Å². The van der Waals surface area contributed by atoms with Crippen LogP contribution in [-0.2, 0) is 4.79 Å². The van der Waals surface area contributed by atoms with Crippen LogP contribution in [0, 0.1) is 0 Å². The molecule has 0 aliphatic rings. The number of thioether (sulfide) groups is 1. The third-order valence-electron chi connectivity index (χ3n) is 5.39. The molecule has 0 bridgehead atoms. The van der Waals surface area contributed by atoms with Crippen LogP contribution in [0.2, 0.25) is 0 Å². The Kier molecular flexibility index (Phi) is 6.42. The van der Waals surface area contributed by atoms with Gasteiger partial charge in [0.05, 0.1) is 22.3 Å². The Morgan fingerprint density at radius 3 is 2.38 bits per heavy atom. The second-order valence-electron chi connectivity index (χ2n) is 7.84. The van der Waals surface area contributed by atoms with Crippen molar-refractivity contribution in [1.82, 2.24) is 9.55 Å². The van der Waals surface area contributed by atoms with Crippen LogP contribution >= 0.6 is 11.8 Å². The molecule has 0 unspecified atom stereocenters. The van der Waals surface area contributed by atoms with Crippen molar-refractivity contribution in [3.8, 4) is 5.69 Å². The Morgan fingerprint density at radius 2 is 1.62 bits per heavy atom. The molecule has 1 amide bonds. The van der Waals surface area contributed by atoms with Gasteiger partial charge in [-0.15, -0.1) is 0 Å². The number of carbonyl (C=O) groups excluding carboxylic acids is 1. The number of fused-ring (bicyclic) bond motifs is 1. The first-order valence-corrected chi connectivity index (χ1v) is 11.5. The lowest BCUT2D eigenvalue weighted by Crippen LogP contribution is -2.29. The lowest BCUT2D eigenvalue weighted by molar-refractivity contribution is -0.115. The summed E-state index contributed by atoms with van der Waals surface area (Å²) in [5, 5.41) is 1.07. The Bertz CT molecular complexity index is 1320. The van der Waals surface area contributed by atoms with Gasteiger partial charge in [0, 0.05) is 12.7 Å². The van der Waals surface area contributed by atoms with Crippen LogP contribution in [0.5, 0.6) is 0 Å². The fraction of sp³-hybridized carbons (Fsp3) is 0.192. The molecule has 0 aliphatic heterocycles. The van der Waals surface area contributed by atoms with Crippen molar-refractivity contribution in [2.45, 2.75) is 24.9 Å². The fourth-order valence-electron chi connectivity index (χ4n) is 3.62. The first kappa shape index (κ1) is 21.8. The van der Waals surface area contributed by atoms with Crippen LogP contribution in [0.3, 0.4) is 0 Å². The Labute approximate surface area is 191 Å². The van der Waals surface area contributed by atoms with Crippen molar-refractivity contribution >= 4 is 34.3 Å². The predicted octanol–water partition coefficient (Wildman–Crippen LogP) is 5.26. The van der Waals surface area contributed by atoms with E-state index in [-0.39, 0.29) is 23.1 Å². The molecule has 0 atom stereocenters. The van der Waals surface area contributed by atoms with Crippen LogP contribution in [-0.4, -0.2) is 28.3 Å². The van der Waals surface area contributed by atoms with Crippen molar-refractivity contribution in [3.05, 3.63) is 94.8 Å². The first-order valence-electron chi connectivity index (χ1n) is 10.5. The molecule has 0 radical (unpaired) electrons. The van der Waals surface area contributed by atoms with Gasteiger partial charge in [0.15, 0.2) is 5.16 Å². The molecule has 0 saturated heterocycles. The molecule has 4 aromatic rings. The Morgan fingerprint density at radius 1 is 0.969 bits per heavy atom. The second-order valence-corrected chi connectivity index (χ2v) is 8.79. The second kappa shape index (κ2) is 9.40. The molecule has 162 valence electrons. The summed E-state index contributed by atoms with van der Waals surface area (Å²) < 4.78 is 1.65. The molecule has 0 fully saturated rings. The normalized spacial score (nSPS) is 11.1. The topological polar surface area (TPSA) is 55.2 Å². The molecule has 0 spiro atoms. The largest absolute Gasteiger partial charge is 0.315 e. The average molecular weight is 444 g/mol. The average Bonchev–Trinajstić information content (AvgIpc) is 2.82. The van der Waals surface area contributed by atoms with Gasteiger partial charge in [-0.25, -0.2) is 4.98 Å².